The number of nitrogens with zero attached hydrogens (tertiary/aromatic N) is 2. The van der Waals surface area contributed by atoms with E-state index in [1.54, 1.807) is 30.2 Å². The van der Waals surface area contributed by atoms with Crippen molar-refractivity contribution in [3.63, 3.8) is 0 Å². The van der Waals surface area contributed by atoms with Crippen LogP contribution in [-0.2, 0) is 32.6 Å². The largest absolute Gasteiger partial charge is 0.497 e. The van der Waals surface area contributed by atoms with Crippen LogP contribution in [0.3, 0.4) is 0 Å². The first kappa shape index (κ1) is 34.3. The Labute approximate surface area is 272 Å². The summed E-state index contributed by atoms with van der Waals surface area (Å²) in [5.74, 6) is 0.259. The molecule has 3 aromatic carbocycles. The standard InChI is InChI=1S/C35H44ClN3O5S/c1-26-19-20-29(36)24-32(26)39(45(3,42)43)21-11-18-34(40)38(25-28-14-10-17-31(22-28)44-2)33(23-27-12-6-4-7-13-27)35(41)37-30-15-8-5-9-16-30/h4,6-7,10,12-14,17,19-20,22,24,30,33H,5,8-9,11,15-16,18,21,23,25H2,1-3H3,(H,37,41)/t33-/m0/s1. The van der Waals surface area contributed by atoms with E-state index in [2.05, 4.69) is 5.32 Å². The van der Waals surface area contributed by atoms with Crippen molar-refractivity contribution in [2.75, 3.05) is 24.2 Å². The number of anilines is 1. The molecule has 1 N–H and O–H groups in total. The van der Waals surface area contributed by atoms with Crippen molar-refractivity contribution in [3.8, 4) is 5.75 Å². The van der Waals surface area contributed by atoms with Gasteiger partial charge in [-0.25, -0.2) is 8.42 Å². The number of nitrogens with one attached hydrogen (secondary N) is 1. The summed E-state index contributed by atoms with van der Waals surface area (Å²) in [6, 6.07) is 21.6. The molecule has 1 saturated carbocycles. The Bertz CT molecular complexity index is 1540. The fourth-order valence-electron chi connectivity index (χ4n) is 5.90. The van der Waals surface area contributed by atoms with Crippen LogP contribution in [-0.4, -0.2) is 57.1 Å². The van der Waals surface area contributed by atoms with Gasteiger partial charge >= 0.3 is 0 Å². The molecule has 0 unspecified atom stereocenters. The molecule has 0 heterocycles. The number of aryl methyl sites for hydroxylation is 1. The van der Waals surface area contributed by atoms with Crippen LogP contribution in [0.15, 0.2) is 72.8 Å². The van der Waals surface area contributed by atoms with Crippen LogP contribution >= 0.6 is 11.6 Å². The van der Waals surface area contributed by atoms with E-state index in [9.17, 15) is 18.0 Å². The van der Waals surface area contributed by atoms with E-state index in [-0.39, 0.29) is 43.8 Å². The Morgan fingerprint density at radius 3 is 2.38 bits per heavy atom. The number of hydrogen-bond acceptors (Lipinski definition) is 5. The SMILES string of the molecule is COc1cccc(CN(C(=O)CCCN(c2cc(Cl)ccc2C)S(C)(=O)=O)[C@@H](Cc2ccccc2)C(=O)NC2CCCCC2)c1. The minimum Gasteiger partial charge on any atom is -0.497 e. The number of carbonyl (C=O) groups excluding carboxylic acids is 2. The van der Waals surface area contributed by atoms with Crippen molar-refractivity contribution in [1.82, 2.24) is 10.2 Å². The van der Waals surface area contributed by atoms with Gasteiger partial charge in [-0.2, -0.15) is 0 Å². The summed E-state index contributed by atoms with van der Waals surface area (Å²) >= 11 is 6.21. The molecule has 10 heteroatoms. The molecule has 0 aliphatic heterocycles. The molecule has 4 rings (SSSR count). The van der Waals surface area contributed by atoms with Gasteiger partial charge in [0.05, 0.1) is 19.1 Å². The molecule has 1 atom stereocenters. The molecule has 1 aliphatic rings. The maximum Gasteiger partial charge on any atom is 0.243 e. The number of carbonyl (C=O) groups is 2. The van der Waals surface area contributed by atoms with Gasteiger partial charge in [0.1, 0.15) is 11.8 Å². The van der Waals surface area contributed by atoms with Crippen LogP contribution in [0.25, 0.3) is 0 Å². The lowest BCUT2D eigenvalue weighted by Crippen LogP contribution is -2.52. The van der Waals surface area contributed by atoms with Gasteiger partial charge < -0.3 is 15.0 Å². The lowest BCUT2D eigenvalue weighted by molar-refractivity contribution is -0.141. The maximum absolute atomic E-state index is 14.1. The molecule has 1 fully saturated rings. The lowest BCUT2D eigenvalue weighted by atomic mass is 9.94. The molecule has 1 aliphatic carbocycles. The number of rotatable bonds is 14. The number of hydrogen-bond donors (Lipinski definition) is 1. The minimum absolute atomic E-state index is 0.0532. The van der Waals surface area contributed by atoms with Gasteiger partial charge in [-0.1, -0.05) is 79.4 Å². The molecule has 45 heavy (non-hydrogen) atoms. The van der Waals surface area contributed by atoms with E-state index in [0.29, 0.717) is 22.9 Å². The van der Waals surface area contributed by atoms with Crippen LogP contribution in [0.4, 0.5) is 5.69 Å². The number of methoxy groups -OCH3 is 1. The zero-order chi connectivity index (χ0) is 32.4. The Kier molecular flexibility index (Phi) is 12.3. The van der Waals surface area contributed by atoms with Crippen LogP contribution in [0.5, 0.6) is 5.75 Å². The first-order valence-electron chi connectivity index (χ1n) is 15.6. The highest BCUT2D eigenvalue weighted by molar-refractivity contribution is 7.92. The number of amides is 2. The molecule has 8 nitrogen and oxygen atoms in total. The molecule has 0 saturated heterocycles. The predicted molar refractivity (Wildman–Crippen MR) is 180 cm³/mol. The summed E-state index contributed by atoms with van der Waals surface area (Å²) < 4.78 is 32.4. The normalized spacial score (nSPS) is 14.4. The van der Waals surface area contributed by atoms with Crippen molar-refractivity contribution < 1.29 is 22.7 Å². The Balaban J connectivity index is 1.62. The fraction of sp³-hybridized carbons (Fsp3) is 0.429. The first-order valence-corrected chi connectivity index (χ1v) is 17.8. The summed E-state index contributed by atoms with van der Waals surface area (Å²) in [6.45, 7) is 2.12. The highest BCUT2D eigenvalue weighted by Crippen LogP contribution is 2.27. The van der Waals surface area contributed by atoms with Gasteiger partial charge in [-0.15, -0.1) is 0 Å². The molecule has 3 aromatic rings. The third-order valence-electron chi connectivity index (χ3n) is 8.30. The summed E-state index contributed by atoms with van der Waals surface area (Å²) in [4.78, 5) is 29.8. The highest BCUT2D eigenvalue weighted by Gasteiger charge is 2.32. The second-order valence-corrected chi connectivity index (χ2v) is 14.1. The van der Waals surface area contributed by atoms with Gasteiger partial charge in [0.15, 0.2) is 0 Å². The third kappa shape index (κ3) is 9.96. The Morgan fingerprint density at radius 2 is 1.69 bits per heavy atom. The molecule has 0 radical (unpaired) electrons. The van der Waals surface area contributed by atoms with Crippen molar-refractivity contribution in [2.45, 2.75) is 76.9 Å². The number of ether oxygens (including phenoxy) is 1. The zero-order valence-electron chi connectivity index (χ0n) is 26.4. The molecular weight excluding hydrogens is 610 g/mol. The average molecular weight is 654 g/mol. The number of halogens is 1. The topological polar surface area (TPSA) is 96.0 Å². The molecule has 242 valence electrons. The monoisotopic (exact) mass is 653 g/mol. The maximum atomic E-state index is 14.1. The van der Waals surface area contributed by atoms with Gasteiger partial charge in [0.25, 0.3) is 0 Å². The van der Waals surface area contributed by atoms with Crippen molar-refractivity contribution in [2.24, 2.45) is 0 Å². The molecule has 0 spiro atoms. The van der Waals surface area contributed by atoms with E-state index in [1.165, 1.54) is 10.7 Å². The first-order chi connectivity index (χ1) is 21.5. The van der Waals surface area contributed by atoms with E-state index < -0.39 is 16.1 Å². The highest BCUT2D eigenvalue weighted by atomic mass is 35.5. The van der Waals surface area contributed by atoms with Crippen molar-refractivity contribution in [1.29, 1.82) is 0 Å². The van der Waals surface area contributed by atoms with Crippen LogP contribution in [0.1, 0.15) is 61.6 Å². The Morgan fingerprint density at radius 1 is 0.978 bits per heavy atom. The second-order valence-electron chi connectivity index (χ2n) is 11.8. The Hall–Kier alpha value is -3.56. The van der Waals surface area contributed by atoms with Crippen molar-refractivity contribution in [3.05, 3.63) is 94.5 Å². The van der Waals surface area contributed by atoms with Gasteiger partial charge in [0.2, 0.25) is 21.8 Å². The third-order valence-corrected chi connectivity index (χ3v) is 9.72. The van der Waals surface area contributed by atoms with Crippen LogP contribution in [0.2, 0.25) is 5.02 Å². The fourth-order valence-corrected chi connectivity index (χ4v) is 7.08. The predicted octanol–water partition coefficient (Wildman–Crippen LogP) is 6.29. The smallest absolute Gasteiger partial charge is 0.243 e. The summed E-state index contributed by atoms with van der Waals surface area (Å²) in [5.41, 5.74) is 3.03. The average Bonchev–Trinajstić information content (AvgIpc) is 3.02. The zero-order valence-corrected chi connectivity index (χ0v) is 27.9. The molecular formula is C35H44ClN3O5S. The number of sulfonamides is 1. The van der Waals surface area contributed by atoms with Crippen LogP contribution in [0, 0.1) is 6.92 Å². The summed E-state index contributed by atoms with van der Waals surface area (Å²) in [7, 11) is -2.06. The summed E-state index contributed by atoms with van der Waals surface area (Å²) in [6.07, 6.45) is 6.98. The van der Waals surface area contributed by atoms with Gasteiger partial charge in [0, 0.05) is 37.0 Å². The van der Waals surface area contributed by atoms with E-state index in [0.717, 1.165) is 48.6 Å². The van der Waals surface area contributed by atoms with Crippen molar-refractivity contribution >= 4 is 39.1 Å². The molecule has 2 amide bonds. The molecule has 0 bridgehead atoms. The van der Waals surface area contributed by atoms with E-state index in [1.807, 2.05) is 61.5 Å². The second kappa shape index (κ2) is 16.1. The lowest BCUT2D eigenvalue weighted by Gasteiger charge is -2.34. The molecule has 0 aromatic heterocycles. The van der Waals surface area contributed by atoms with E-state index in [4.69, 9.17) is 16.3 Å². The quantitative estimate of drug-likeness (QED) is 0.221. The van der Waals surface area contributed by atoms with Gasteiger partial charge in [-0.3, -0.25) is 13.9 Å². The minimum atomic E-state index is -3.65. The van der Waals surface area contributed by atoms with Crippen LogP contribution < -0.4 is 14.4 Å². The number of benzene rings is 3. The van der Waals surface area contributed by atoms with E-state index >= 15 is 0 Å². The van der Waals surface area contributed by atoms with Gasteiger partial charge in [-0.05, 0) is 67.1 Å². The summed E-state index contributed by atoms with van der Waals surface area (Å²) in [5, 5.41) is 3.68.